The van der Waals surface area contributed by atoms with Crippen LogP contribution in [0.4, 0.5) is 4.79 Å². The van der Waals surface area contributed by atoms with E-state index in [2.05, 4.69) is 10.6 Å². The molecule has 0 saturated carbocycles. The number of ether oxygens (including phenoxy) is 1. The van der Waals surface area contributed by atoms with Crippen molar-refractivity contribution >= 4 is 30.1 Å². The van der Waals surface area contributed by atoms with Gasteiger partial charge in [0.2, 0.25) is 17.7 Å². The number of aliphatic hydroxyl groups excluding tert-OH is 1. The van der Waals surface area contributed by atoms with Crippen molar-refractivity contribution < 1.29 is 33.8 Å². The lowest BCUT2D eigenvalue weighted by Crippen LogP contribution is -2.61. The Morgan fingerprint density at radius 1 is 0.939 bits per heavy atom. The molecule has 4 atom stereocenters. The van der Waals surface area contributed by atoms with Gasteiger partial charge in [-0.25, -0.2) is 9.69 Å². The molecule has 0 spiro atoms. The van der Waals surface area contributed by atoms with E-state index in [0.29, 0.717) is 23.2 Å². The van der Waals surface area contributed by atoms with E-state index >= 15 is 0 Å². The van der Waals surface area contributed by atoms with E-state index in [1.807, 2.05) is 67.6 Å². The van der Waals surface area contributed by atoms with Gasteiger partial charge in [0.1, 0.15) is 24.5 Å². The van der Waals surface area contributed by atoms with Crippen molar-refractivity contribution in [3.63, 3.8) is 0 Å². The van der Waals surface area contributed by atoms with Crippen LogP contribution in [0.25, 0.3) is 11.1 Å². The lowest BCUT2D eigenvalue weighted by molar-refractivity contribution is -0.139. The molecule has 49 heavy (non-hydrogen) atoms. The third-order valence-electron chi connectivity index (χ3n) is 8.44. The van der Waals surface area contributed by atoms with Crippen LogP contribution in [0.2, 0.25) is 0 Å². The molecule has 0 bridgehead atoms. The highest BCUT2D eigenvalue weighted by Crippen LogP contribution is 2.29. The SMILES string of the molecule is CCCCCC(=O)N[C@](C=O)(Cc1ccccc1-c1ccccc1)C(CO)CNC(=O)[C@H](C)N(C(=O)OCc1ccccc1)C(=O)[C@H](C)N. The van der Waals surface area contributed by atoms with E-state index in [1.165, 1.54) is 13.8 Å². The second-order valence-electron chi connectivity index (χ2n) is 12.2. The van der Waals surface area contributed by atoms with Gasteiger partial charge >= 0.3 is 6.09 Å². The first-order valence-electron chi connectivity index (χ1n) is 16.6. The third kappa shape index (κ3) is 10.8. The number of carbonyl (C=O) groups excluding carboxylic acids is 5. The molecule has 0 aromatic heterocycles. The second kappa shape index (κ2) is 19.2. The van der Waals surface area contributed by atoms with Crippen molar-refractivity contribution in [1.29, 1.82) is 0 Å². The number of hydrogen-bond donors (Lipinski definition) is 4. The van der Waals surface area contributed by atoms with Crippen LogP contribution in [0.15, 0.2) is 84.9 Å². The lowest BCUT2D eigenvalue weighted by atomic mass is 9.78. The van der Waals surface area contributed by atoms with Crippen LogP contribution in [0.5, 0.6) is 0 Å². The summed E-state index contributed by atoms with van der Waals surface area (Å²) in [6, 6.07) is 23.5. The van der Waals surface area contributed by atoms with Gasteiger partial charge in [0, 0.05) is 25.3 Å². The van der Waals surface area contributed by atoms with E-state index in [9.17, 15) is 29.1 Å². The first-order chi connectivity index (χ1) is 23.6. The molecule has 0 aliphatic rings. The number of aliphatic hydroxyl groups is 1. The highest BCUT2D eigenvalue weighted by Gasteiger charge is 2.42. The van der Waals surface area contributed by atoms with Gasteiger partial charge in [-0.1, -0.05) is 105 Å². The fourth-order valence-corrected chi connectivity index (χ4v) is 5.55. The first-order valence-corrected chi connectivity index (χ1v) is 16.6. The number of rotatable bonds is 18. The molecule has 3 rings (SSSR count). The molecule has 0 aliphatic heterocycles. The van der Waals surface area contributed by atoms with Crippen LogP contribution in [0.3, 0.4) is 0 Å². The van der Waals surface area contributed by atoms with Crippen LogP contribution < -0.4 is 16.4 Å². The molecule has 0 radical (unpaired) electrons. The standard InChI is InChI=1S/C38H48N4O7/c1-4-5-8-21-34(45)41-38(26-44,22-31-19-13-14-20-33(31)30-17-11-7-12-18-30)32(24-43)23-40-35(46)28(3)42(36(47)27(2)39)37(48)49-25-29-15-9-6-10-16-29/h6-7,9-20,26-28,32,43H,4-5,8,21-25,39H2,1-3H3,(H,40,46)(H,41,45)/t27-,28-,32?,38-/m0/s1. The van der Waals surface area contributed by atoms with Gasteiger partial charge in [-0.2, -0.15) is 0 Å². The molecule has 0 fully saturated rings. The van der Waals surface area contributed by atoms with E-state index in [-0.39, 0.29) is 31.9 Å². The molecule has 11 heteroatoms. The van der Waals surface area contributed by atoms with Crippen molar-refractivity contribution in [2.75, 3.05) is 13.2 Å². The minimum Gasteiger partial charge on any atom is -0.444 e. The molecule has 5 N–H and O–H groups in total. The summed E-state index contributed by atoms with van der Waals surface area (Å²) in [4.78, 5) is 66.6. The molecule has 0 heterocycles. The largest absolute Gasteiger partial charge is 0.444 e. The number of benzene rings is 3. The minimum atomic E-state index is -1.62. The quantitative estimate of drug-likeness (QED) is 0.115. The second-order valence-corrected chi connectivity index (χ2v) is 12.2. The molecule has 262 valence electrons. The van der Waals surface area contributed by atoms with Crippen molar-refractivity contribution in [2.24, 2.45) is 11.7 Å². The minimum absolute atomic E-state index is 0.0266. The summed E-state index contributed by atoms with van der Waals surface area (Å²) in [7, 11) is 0. The summed E-state index contributed by atoms with van der Waals surface area (Å²) in [6.07, 6.45) is 2.15. The van der Waals surface area contributed by atoms with Gasteiger partial charge in [0.15, 0.2) is 0 Å². The number of aldehydes is 1. The number of nitrogens with two attached hydrogens (primary N) is 1. The Hall–Kier alpha value is -4.87. The number of hydrogen-bond acceptors (Lipinski definition) is 8. The van der Waals surface area contributed by atoms with Crippen LogP contribution in [-0.2, 0) is 36.9 Å². The zero-order chi connectivity index (χ0) is 35.8. The van der Waals surface area contributed by atoms with E-state index in [4.69, 9.17) is 10.5 Å². The molecule has 3 aromatic rings. The molecule has 3 aromatic carbocycles. The van der Waals surface area contributed by atoms with Crippen LogP contribution in [0.1, 0.15) is 57.6 Å². The van der Waals surface area contributed by atoms with Gasteiger partial charge in [-0.15, -0.1) is 0 Å². The molecular formula is C38H48N4O7. The Balaban J connectivity index is 1.88. The van der Waals surface area contributed by atoms with Gasteiger partial charge in [-0.3, -0.25) is 14.4 Å². The predicted octanol–water partition coefficient (Wildman–Crippen LogP) is 4.16. The van der Waals surface area contributed by atoms with Crippen molar-refractivity contribution in [1.82, 2.24) is 15.5 Å². The molecule has 4 amide bonds. The van der Waals surface area contributed by atoms with E-state index in [0.717, 1.165) is 29.5 Å². The summed E-state index contributed by atoms with van der Waals surface area (Å²) < 4.78 is 5.35. The number of imide groups is 1. The fraction of sp³-hybridized carbons (Fsp3) is 0.395. The number of amides is 4. The van der Waals surface area contributed by atoms with Crippen molar-refractivity contribution in [2.45, 2.75) is 77.1 Å². The number of carbonyl (C=O) groups is 5. The maximum atomic E-state index is 13.5. The maximum absolute atomic E-state index is 13.5. The Kier molecular flexibility index (Phi) is 15.1. The fourth-order valence-electron chi connectivity index (χ4n) is 5.55. The zero-order valence-electron chi connectivity index (χ0n) is 28.5. The highest BCUT2D eigenvalue weighted by molar-refractivity contribution is 5.99. The van der Waals surface area contributed by atoms with Gasteiger partial charge < -0.3 is 31.0 Å². The van der Waals surface area contributed by atoms with Crippen LogP contribution in [0, 0.1) is 5.92 Å². The third-order valence-corrected chi connectivity index (χ3v) is 8.44. The van der Waals surface area contributed by atoms with Crippen molar-refractivity contribution in [3.05, 3.63) is 96.1 Å². The molecule has 11 nitrogen and oxygen atoms in total. The maximum Gasteiger partial charge on any atom is 0.417 e. The number of nitrogens with one attached hydrogen (secondary N) is 2. The summed E-state index contributed by atoms with van der Waals surface area (Å²) in [6.45, 7) is 3.80. The zero-order valence-corrected chi connectivity index (χ0v) is 28.5. The average molecular weight is 673 g/mol. The predicted molar refractivity (Wildman–Crippen MR) is 187 cm³/mol. The summed E-state index contributed by atoms with van der Waals surface area (Å²) in [5, 5.41) is 16.2. The van der Waals surface area contributed by atoms with Crippen LogP contribution >= 0.6 is 0 Å². The molecule has 0 aliphatic carbocycles. The monoisotopic (exact) mass is 672 g/mol. The number of nitrogens with zero attached hydrogens (tertiary/aromatic N) is 1. The molecule has 0 saturated heterocycles. The molecular weight excluding hydrogens is 624 g/mol. The van der Waals surface area contributed by atoms with Crippen LogP contribution in [-0.4, -0.2) is 70.9 Å². The number of unbranched alkanes of at least 4 members (excludes halogenated alkanes) is 2. The normalized spacial score (nSPS) is 14.0. The highest BCUT2D eigenvalue weighted by atomic mass is 16.6. The average Bonchev–Trinajstić information content (AvgIpc) is 3.11. The summed E-state index contributed by atoms with van der Waals surface area (Å²) >= 11 is 0. The van der Waals surface area contributed by atoms with Crippen molar-refractivity contribution in [3.8, 4) is 11.1 Å². The lowest BCUT2D eigenvalue weighted by Gasteiger charge is -2.37. The Labute approximate surface area is 288 Å². The first kappa shape index (κ1) is 38.6. The van der Waals surface area contributed by atoms with E-state index < -0.39 is 48.1 Å². The smallest absolute Gasteiger partial charge is 0.417 e. The summed E-state index contributed by atoms with van der Waals surface area (Å²) in [5.74, 6) is -2.91. The van der Waals surface area contributed by atoms with Gasteiger partial charge in [0.05, 0.1) is 12.6 Å². The van der Waals surface area contributed by atoms with Gasteiger partial charge in [0.25, 0.3) is 0 Å². The Morgan fingerprint density at radius 2 is 1.57 bits per heavy atom. The Bertz CT molecular complexity index is 1530. The summed E-state index contributed by atoms with van der Waals surface area (Å²) in [5.41, 5.74) is 7.39. The topological polar surface area (TPSA) is 168 Å². The van der Waals surface area contributed by atoms with Gasteiger partial charge in [-0.05, 0) is 42.5 Å². The molecule has 1 unspecified atom stereocenters. The van der Waals surface area contributed by atoms with E-state index in [1.54, 1.807) is 24.3 Å². The Morgan fingerprint density at radius 3 is 2.18 bits per heavy atom.